The van der Waals surface area contributed by atoms with E-state index < -0.39 is 5.82 Å². The molecule has 0 aliphatic heterocycles. The van der Waals surface area contributed by atoms with Crippen molar-refractivity contribution in [1.29, 1.82) is 0 Å². The number of nitrogens with zero attached hydrogens (tertiary/aromatic N) is 1. The first-order valence-corrected chi connectivity index (χ1v) is 5.10. The van der Waals surface area contributed by atoms with Crippen LogP contribution in [-0.2, 0) is 6.42 Å². The van der Waals surface area contributed by atoms with Crippen molar-refractivity contribution in [2.45, 2.75) is 6.42 Å². The van der Waals surface area contributed by atoms with Crippen molar-refractivity contribution in [3.63, 3.8) is 0 Å². The number of hydrogen-bond acceptors (Lipinski definition) is 3. The van der Waals surface area contributed by atoms with Crippen LogP contribution >= 0.6 is 11.6 Å². The molecule has 0 bridgehead atoms. The van der Waals surface area contributed by atoms with Crippen molar-refractivity contribution in [2.75, 3.05) is 6.61 Å². The highest BCUT2D eigenvalue weighted by atomic mass is 35.5. The highest BCUT2D eigenvalue weighted by Crippen LogP contribution is 2.28. The lowest BCUT2D eigenvalue weighted by Crippen LogP contribution is -1.86. The monoisotopic (exact) mass is 241 g/mol. The molecule has 1 N–H and O–H groups in total. The van der Waals surface area contributed by atoms with Crippen LogP contribution < -0.4 is 0 Å². The summed E-state index contributed by atoms with van der Waals surface area (Å²) in [5, 5.41) is 12.8. The minimum absolute atomic E-state index is 0.00815. The van der Waals surface area contributed by atoms with E-state index in [1.807, 2.05) is 0 Å². The fraction of sp³-hybridized carbons (Fsp3) is 0.182. The Bertz CT molecular complexity index is 498. The predicted octanol–water partition coefficient (Wildman–Crippen LogP) is 2.67. The van der Waals surface area contributed by atoms with Gasteiger partial charge in [0.1, 0.15) is 17.3 Å². The van der Waals surface area contributed by atoms with Gasteiger partial charge in [0.25, 0.3) is 0 Å². The first-order valence-electron chi connectivity index (χ1n) is 4.72. The molecule has 0 amide bonds. The minimum atomic E-state index is -0.396. The van der Waals surface area contributed by atoms with Gasteiger partial charge in [0, 0.05) is 18.1 Å². The zero-order valence-corrected chi connectivity index (χ0v) is 9.04. The minimum Gasteiger partial charge on any atom is -0.396 e. The quantitative estimate of drug-likeness (QED) is 0.899. The second-order valence-electron chi connectivity index (χ2n) is 3.28. The number of hydrogen-bond donors (Lipinski definition) is 1. The Hall–Kier alpha value is -1.39. The van der Waals surface area contributed by atoms with Gasteiger partial charge in [-0.25, -0.2) is 4.39 Å². The lowest BCUT2D eigenvalue weighted by atomic mass is 10.1. The van der Waals surface area contributed by atoms with E-state index in [0.717, 1.165) is 0 Å². The van der Waals surface area contributed by atoms with Gasteiger partial charge in [0.05, 0.1) is 11.6 Å². The Kier molecular flexibility index (Phi) is 3.22. The molecule has 0 radical (unpaired) electrons. The predicted molar refractivity (Wildman–Crippen MR) is 57.7 cm³/mol. The molecule has 16 heavy (non-hydrogen) atoms. The number of benzene rings is 1. The first kappa shape index (κ1) is 11.1. The van der Waals surface area contributed by atoms with Gasteiger partial charge in [-0.3, -0.25) is 0 Å². The summed E-state index contributed by atoms with van der Waals surface area (Å²) < 4.78 is 17.8. The Morgan fingerprint density at radius 3 is 2.88 bits per heavy atom. The molecule has 0 aliphatic carbocycles. The van der Waals surface area contributed by atoms with Gasteiger partial charge in [-0.2, -0.15) is 0 Å². The van der Waals surface area contributed by atoms with E-state index in [4.69, 9.17) is 21.2 Å². The Labute approximate surface area is 96.4 Å². The molecule has 0 unspecified atom stereocenters. The Morgan fingerprint density at radius 2 is 2.19 bits per heavy atom. The number of aliphatic hydroxyl groups excluding tert-OH is 1. The average Bonchev–Trinajstić information content (AvgIpc) is 2.67. The largest absolute Gasteiger partial charge is 0.396 e. The standard InChI is InChI=1S/C11H9ClFNO2/c12-10-5-7(13)1-2-9(10)11-6-8(3-4-15)16-14-11/h1-2,5-6,15H,3-4H2. The zero-order valence-electron chi connectivity index (χ0n) is 8.28. The molecular formula is C11H9ClFNO2. The summed E-state index contributed by atoms with van der Waals surface area (Å²) in [7, 11) is 0. The van der Waals surface area contributed by atoms with E-state index in [-0.39, 0.29) is 11.6 Å². The summed E-state index contributed by atoms with van der Waals surface area (Å²) in [6, 6.07) is 5.74. The van der Waals surface area contributed by atoms with E-state index in [1.165, 1.54) is 18.2 Å². The van der Waals surface area contributed by atoms with Crippen LogP contribution in [0.1, 0.15) is 5.76 Å². The van der Waals surface area contributed by atoms with Crippen LogP contribution in [0, 0.1) is 5.82 Å². The molecule has 5 heteroatoms. The molecule has 1 aromatic carbocycles. The fourth-order valence-corrected chi connectivity index (χ4v) is 1.63. The lowest BCUT2D eigenvalue weighted by Gasteiger charge is -1.98. The molecule has 0 atom stereocenters. The summed E-state index contributed by atoms with van der Waals surface area (Å²) in [6.45, 7) is -0.00815. The molecule has 0 saturated heterocycles. The van der Waals surface area contributed by atoms with Crippen molar-refractivity contribution in [1.82, 2.24) is 5.16 Å². The Morgan fingerprint density at radius 1 is 1.38 bits per heavy atom. The van der Waals surface area contributed by atoms with Crippen molar-refractivity contribution >= 4 is 11.6 Å². The Balaban J connectivity index is 2.35. The van der Waals surface area contributed by atoms with Gasteiger partial charge < -0.3 is 9.63 Å². The smallest absolute Gasteiger partial charge is 0.139 e. The van der Waals surface area contributed by atoms with Crippen molar-refractivity contribution in [2.24, 2.45) is 0 Å². The third-order valence-corrected chi connectivity index (χ3v) is 2.44. The van der Waals surface area contributed by atoms with Crippen molar-refractivity contribution in [3.8, 4) is 11.3 Å². The van der Waals surface area contributed by atoms with E-state index in [2.05, 4.69) is 5.16 Å². The number of aliphatic hydroxyl groups is 1. The maximum absolute atomic E-state index is 12.8. The molecule has 1 aromatic heterocycles. The number of rotatable bonds is 3. The van der Waals surface area contributed by atoms with Crippen LogP contribution in [0.4, 0.5) is 4.39 Å². The van der Waals surface area contributed by atoms with Gasteiger partial charge in [-0.15, -0.1) is 0 Å². The second kappa shape index (κ2) is 4.63. The zero-order chi connectivity index (χ0) is 11.5. The number of halogens is 2. The molecule has 3 nitrogen and oxygen atoms in total. The molecule has 84 valence electrons. The number of aromatic nitrogens is 1. The van der Waals surface area contributed by atoms with E-state index in [1.54, 1.807) is 6.07 Å². The van der Waals surface area contributed by atoms with Crippen LogP contribution in [-0.4, -0.2) is 16.9 Å². The molecule has 2 rings (SSSR count). The van der Waals surface area contributed by atoms with Crippen molar-refractivity contribution in [3.05, 3.63) is 40.9 Å². The van der Waals surface area contributed by atoms with Crippen LogP contribution in [0.25, 0.3) is 11.3 Å². The van der Waals surface area contributed by atoms with Crippen LogP contribution in [0.5, 0.6) is 0 Å². The molecule has 0 aliphatic rings. The highest BCUT2D eigenvalue weighted by Gasteiger charge is 2.10. The molecular weight excluding hydrogens is 233 g/mol. The maximum atomic E-state index is 12.8. The van der Waals surface area contributed by atoms with Gasteiger partial charge in [-0.05, 0) is 18.2 Å². The van der Waals surface area contributed by atoms with E-state index in [9.17, 15) is 4.39 Å². The normalized spacial score (nSPS) is 10.7. The van der Waals surface area contributed by atoms with Gasteiger partial charge >= 0.3 is 0 Å². The topological polar surface area (TPSA) is 46.3 Å². The van der Waals surface area contributed by atoms with E-state index in [0.29, 0.717) is 23.4 Å². The third-order valence-electron chi connectivity index (χ3n) is 2.12. The maximum Gasteiger partial charge on any atom is 0.139 e. The highest BCUT2D eigenvalue weighted by molar-refractivity contribution is 6.33. The summed E-state index contributed by atoms with van der Waals surface area (Å²) in [5.41, 5.74) is 1.14. The molecule has 0 saturated carbocycles. The fourth-order valence-electron chi connectivity index (χ4n) is 1.37. The summed E-state index contributed by atoms with van der Waals surface area (Å²) in [4.78, 5) is 0. The lowest BCUT2D eigenvalue weighted by molar-refractivity contribution is 0.277. The summed E-state index contributed by atoms with van der Waals surface area (Å²) in [6.07, 6.45) is 0.395. The summed E-state index contributed by atoms with van der Waals surface area (Å²) >= 11 is 5.88. The molecule has 2 aromatic rings. The molecule has 0 spiro atoms. The van der Waals surface area contributed by atoms with Crippen LogP contribution in [0.2, 0.25) is 5.02 Å². The van der Waals surface area contributed by atoms with Crippen LogP contribution in [0.15, 0.2) is 28.8 Å². The van der Waals surface area contributed by atoms with Gasteiger partial charge in [0.2, 0.25) is 0 Å². The average molecular weight is 242 g/mol. The third kappa shape index (κ3) is 2.23. The van der Waals surface area contributed by atoms with Crippen LogP contribution in [0.3, 0.4) is 0 Å². The molecule has 0 fully saturated rings. The summed E-state index contributed by atoms with van der Waals surface area (Å²) in [5.74, 6) is 0.172. The molecule has 1 heterocycles. The van der Waals surface area contributed by atoms with Gasteiger partial charge in [0.15, 0.2) is 0 Å². The SMILES string of the molecule is OCCc1cc(-c2ccc(F)cc2Cl)no1. The van der Waals surface area contributed by atoms with E-state index >= 15 is 0 Å². The van der Waals surface area contributed by atoms with Crippen molar-refractivity contribution < 1.29 is 14.0 Å². The van der Waals surface area contributed by atoms with Gasteiger partial charge in [-0.1, -0.05) is 16.8 Å². The first-order chi connectivity index (χ1) is 7.70. The second-order valence-corrected chi connectivity index (χ2v) is 3.68.